The molecule has 1 aliphatic heterocycles. The summed E-state index contributed by atoms with van der Waals surface area (Å²) in [7, 11) is 0. The van der Waals surface area contributed by atoms with Gasteiger partial charge in [-0.25, -0.2) is 0 Å². The molecule has 16 heavy (non-hydrogen) atoms. The molecule has 1 fully saturated rings. The summed E-state index contributed by atoms with van der Waals surface area (Å²) in [6.45, 7) is 6.18. The van der Waals surface area contributed by atoms with Crippen molar-refractivity contribution < 1.29 is 9.53 Å². The lowest BCUT2D eigenvalue weighted by molar-refractivity contribution is -0.134. The molecule has 0 aromatic heterocycles. The summed E-state index contributed by atoms with van der Waals surface area (Å²) >= 11 is 0. The van der Waals surface area contributed by atoms with Gasteiger partial charge in [-0.15, -0.1) is 24.8 Å². The van der Waals surface area contributed by atoms with Gasteiger partial charge in [-0.3, -0.25) is 4.79 Å². The van der Waals surface area contributed by atoms with Crippen LogP contribution in [0.15, 0.2) is 0 Å². The number of nitrogens with two attached hydrogens (primary N) is 1. The molecular weight excluding hydrogens is 253 g/mol. The highest BCUT2D eigenvalue weighted by atomic mass is 35.5. The van der Waals surface area contributed by atoms with Gasteiger partial charge in [-0.2, -0.15) is 0 Å². The van der Waals surface area contributed by atoms with Crippen molar-refractivity contribution in [2.45, 2.75) is 25.5 Å². The Balaban J connectivity index is 0. The lowest BCUT2D eigenvalue weighted by Crippen LogP contribution is -2.52. The number of carbonyl (C=O) groups is 1. The minimum atomic E-state index is -0.377. The van der Waals surface area contributed by atoms with Crippen molar-refractivity contribution in [2.24, 2.45) is 5.73 Å². The van der Waals surface area contributed by atoms with Crippen LogP contribution in [0.25, 0.3) is 0 Å². The summed E-state index contributed by atoms with van der Waals surface area (Å²) < 4.78 is 5.29. The summed E-state index contributed by atoms with van der Waals surface area (Å²) in [4.78, 5) is 11.5. The molecule has 4 N–H and O–H groups in total. The number of rotatable bonds is 3. The van der Waals surface area contributed by atoms with E-state index in [0.717, 1.165) is 6.54 Å². The second kappa shape index (κ2) is 8.08. The Morgan fingerprint density at radius 2 is 2.19 bits per heavy atom. The smallest absolute Gasteiger partial charge is 0.250 e. The van der Waals surface area contributed by atoms with E-state index in [9.17, 15) is 4.79 Å². The zero-order valence-electron chi connectivity index (χ0n) is 9.62. The first-order valence-corrected chi connectivity index (χ1v) is 4.88. The number of carbonyl (C=O) groups excluding carboxylic acids is 1. The van der Waals surface area contributed by atoms with Crippen molar-refractivity contribution in [1.82, 2.24) is 10.6 Å². The van der Waals surface area contributed by atoms with Gasteiger partial charge in [0, 0.05) is 25.2 Å². The van der Waals surface area contributed by atoms with Gasteiger partial charge in [0.1, 0.15) is 6.10 Å². The molecule has 1 atom stereocenters. The lowest BCUT2D eigenvalue weighted by atomic mass is 10.1. The summed E-state index contributed by atoms with van der Waals surface area (Å²) in [5.41, 5.74) is 5.36. The van der Waals surface area contributed by atoms with Crippen LogP contribution in [-0.4, -0.2) is 43.8 Å². The molecule has 0 aromatic rings. The topological polar surface area (TPSA) is 76.4 Å². The van der Waals surface area contributed by atoms with Crippen LogP contribution >= 0.6 is 24.8 Å². The second-order valence-corrected chi connectivity index (χ2v) is 4.27. The molecule has 1 rings (SSSR count). The highest BCUT2D eigenvalue weighted by Gasteiger charge is 2.22. The van der Waals surface area contributed by atoms with E-state index in [1.165, 1.54) is 0 Å². The molecule has 0 saturated carbocycles. The molecular formula is C9H21Cl2N3O2. The fourth-order valence-electron chi connectivity index (χ4n) is 1.16. The highest BCUT2D eigenvalue weighted by molar-refractivity contribution is 5.85. The maximum Gasteiger partial charge on any atom is 0.250 e. The van der Waals surface area contributed by atoms with Crippen LogP contribution in [0.1, 0.15) is 13.8 Å². The molecule has 5 nitrogen and oxygen atoms in total. The van der Waals surface area contributed by atoms with Gasteiger partial charge >= 0.3 is 0 Å². The number of ether oxygens (including phenoxy) is 1. The molecule has 0 radical (unpaired) electrons. The Morgan fingerprint density at radius 1 is 1.56 bits per heavy atom. The molecule has 0 bridgehead atoms. The molecule has 1 heterocycles. The summed E-state index contributed by atoms with van der Waals surface area (Å²) in [6.07, 6.45) is -0.369. The molecule has 98 valence electrons. The maximum absolute atomic E-state index is 11.5. The maximum atomic E-state index is 11.5. The van der Waals surface area contributed by atoms with Crippen LogP contribution in [0.4, 0.5) is 0 Å². The number of hydrogen-bond acceptors (Lipinski definition) is 4. The highest BCUT2D eigenvalue weighted by Crippen LogP contribution is 1.98. The Bertz CT molecular complexity index is 203. The standard InChI is InChI=1S/C9H19N3O2.2ClH/c1-9(2,10)6-12-8(13)7-5-11-3-4-14-7;;/h7,11H,3-6,10H2,1-2H3,(H,12,13);2*1H/t7-;;/m1../s1. The Kier molecular flexibility index (Phi) is 9.25. The van der Waals surface area contributed by atoms with E-state index >= 15 is 0 Å². The third-order valence-electron chi connectivity index (χ3n) is 1.94. The Labute approximate surface area is 109 Å². The first kappa shape index (κ1) is 18.3. The van der Waals surface area contributed by atoms with Crippen molar-refractivity contribution in [3.63, 3.8) is 0 Å². The van der Waals surface area contributed by atoms with E-state index in [0.29, 0.717) is 19.7 Å². The lowest BCUT2D eigenvalue weighted by Gasteiger charge is -2.25. The number of amides is 1. The largest absolute Gasteiger partial charge is 0.366 e. The van der Waals surface area contributed by atoms with Crippen molar-refractivity contribution >= 4 is 30.7 Å². The third kappa shape index (κ3) is 7.24. The van der Waals surface area contributed by atoms with Gasteiger partial charge in [-0.05, 0) is 13.8 Å². The summed E-state index contributed by atoms with van der Waals surface area (Å²) in [5, 5.41) is 5.86. The fraction of sp³-hybridized carbons (Fsp3) is 0.889. The van der Waals surface area contributed by atoms with Crippen molar-refractivity contribution in [3.8, 4) is 0 Å². The van der Waals surface area contributed by atoms with E-state index in [1.54, 1.807) is 0 Å². The van der Waals surface area contributed by atoms with E-state index in [1.807, 2.05) is 13.8 Å². The number of nitrogens with one attached hydrogen (secondary N) is 2. The Morgan fingerprint density at radius 3 is 2.62 bits per heavy atom. The SMILES string of the molecule is CC(C)(N)CNC(=O)[C@H]1CNCCO1.Cl.Cl. The normalized spacial score (nSPS) is 20.3. The third-order valence-corrected chi connectivity index (χ3v) is 1.94. The van der Waals surface area contributed by atoms with E-state index in [2.05, 4.69) is 10.6 Å². The van der Waals surface area contributed by atoms with Crippen molar-refractivity contribution in [3.05, 3.63) is 0 Å². The molecule has 0 aliphatic carbocycles. The monoisotopic (exact) mass is 273 g/mol. The molecule has 0 unspecified atom stereocenters. The molecule has 1 aliphatic rings. The van der Waals surface area contributed by atoms with E-state index in [-0.39, 0.29) is 42.4 Å². The zero-order chi connectivity index (χ0) is 10.6. The minimum Gasteiger partial charge on any atom is -0.366 e. The zero-order valence-corrected chi connectivity index (χ0v) is 11.2. The van der Waals surface area contributed by atoms with Crippen LogP contribution in [0.3, 0.4) is 0 Å². The van der Waals surface area contributed by atoms with Crippen LogP contribution < -0.4 is 16.4 Å². The second-order valence-electron chi connectivity index (χ2n) is 4.27. The van der Waals surface area contributed by atoms with Gasteiger partial charge in [0.25, 0.3) is 5.91 Å². The molecule has 1 amide bonds. The Hall–Kier alpha value is -0.0700. The van der Waals surface area contributed by atoms with Crippen LogP contribution in [0.5, 0.6) is 0 Å². The number of morpholine rings is 1. The molecule has 7 heteroatoms. The van der Waals surface area contributed by atoms with Gasteiger partial charge in [0.05, 0.1) is 6.61 Å². The molecule has 1 saturated heterocycles. The van der Waals surface area contributed by atoms with Gasteiger partial charge in [-0.1, -0.05) is 0 Å². The fourth-order valence-corrected chi connectivity index (χ4v) is 1.16. The first-order valence-electron chi connectivity index (χ1n) is 4.88. The van der Waals surface area contributed by atoms with Crippen LogP contribution in [0.2, 0.25) is 0 Å². The predicted octanol–water partition coefficient (Wildman–Crippen LogP) is -0.328. The van der Waals surface area contributed by atoms with Gasteiger partial charge < -0.3 is 21.1 Å². The van der Waals surface area contributed by atoms with E-state index in [4.69, 9.17) is 10.5 Å². The summed E-state index contributed by atoms with van der Waals surface area (Å²) in [6, 6.07) is 0. The average molecular weight is 274 g/mol. The summed E-state index contributed by atoms with van der Waals surface area (Å²) in [5.74, 6) is -0.0873. The van der Waals surface area contributed by atoms with Crippen LogP contribution in [0, 0.1) is 0 Å². The first-order chi connectivity index (χ1) is 6.49. The predicted molar refractivity (Wildman–Crippen MR) is 68.4 cm³/mol. The van der Waals surface area contributed by atoms with Gasteiger partial charge in [0.2, 0.25) is 0 Å². The number of hydrogen-bond donors (Lipinski definition) is 3. The average Bonchev–Trinajstić information content (AvgIpc) is 2.14. The minimum absolute atomic E-state index is 0. The van der Waals surface area contributed by atoms with Crippen LogP contribution in [-0.2, 0) is 9.53 Å². The number of halogens is 2. The quantitative estimate of drug-likeness (QED) is 0.659. The molecule has 0 spiro atoms. The van der Waals surface area contributed by atoms with Crippen molar-refractivity contribution in [1.29, 1.82) is 0 Å². The van der Waals surface area contributed by atoms with E-state index < -0.39 is 0 Å². The van der Waals surface area contributed by atoms with Crippen molar-refractivity contribution in [2.75, 3.05) is 26.2 Å². The van der Waals surface area contributed by atoms with Gasteiger partial charge in [0.15, 0.2) is 0 Å². The molecule has 0 aromatic carbocycles.